The smallest absolute Gasteiger partial charge is 0.267 e. The molecule has 1 amide bonds. The van der Waals surface area contributed by atoms with Crippen LogP contribution in [0.5, 0.6) is 0 Å². The first-order chi connectivity index (χ1) is 15.2. The molecule has 0 N–H and O–H groups in total. The van der Waals surface area contributed by atoms with Crippen molar-refractivity contribution in [2.75, 3.05) is 39.9 Å². The second-order valence-electron chi connectivity index (χ2n) is 9.51. The van der Waals surface area contributed by atoms with Crippen molar-refractivity contribution in [2.24, 2.45) is 5.92 Å². The number of ether oxygens (including phenoxy) is 1. The highest BCUT2D eigenvalue weighted by Crippen LogP contribution is 2.31. The zero-order valence-electron chi connectivity index (χ0n) is 19.1. The number of nitrogens with zero attached hydrogens (tertiary/aromatic N) is 4. The summed E-state index contributed by atoms with van der Waals surface area (Å²) in [7, 11) is 1.67. The SMILES string of the molecule is COCCN(CC1CCCN2CCCCC12)C(=O)Cn1nc2c(cc1=O)CCCCC2. The molecule has 2 unspecified atom stereocenters. The van der Waals surface area contributed by atoms with Crippen molar-refractivity contribution in [3.8, 4) is 0 Å². The first kappa shape index (κ1) is 22.5. The Bertz CT molecular complexity index is 807. The van der Waals surface area contributed by atoms with Crippen LogP contribution >= 0.6 is 0 Å². The van der Waals surface area contributed by atoms with E-state index in [4.69, 9.17) is 4.74 Å². The number of carbonyl (C=O) groups is 1. The molecular formula is C24H38N4O3. The molecule has 1 aromatic heterocycles. The van der Waals surface area contributed by atoms with E-state index >= 15 is 0 Å². The Labute approximate surface area is 185 Å². The fourth-order valence-electron chi connectivity index (χ4n) is 5.71. The molecule has 0 spiro atoms. The number of hydrogen-bond acceptors (Lipinski definition) is 5. The Morgan fingerprint density at radius 1 is 1.13 bits per heavy atom. The largest absolute Gasteiger partial charge is 0.383 e. The van der Waals surface area contributed by atoms with E-state index in [1.165, 1.54) is 56.3 Å². The van der Waals surface area contributed by atoms with Crippen LogP contribution in [0.1, 0.15) is 62.6 Å². The van der Waals surface area contributed by atoms with Crippen molar-refractivity contribution >= 4 is 5.91 Å². The maximum Gasteiger partial charge on any atom is 0.267 e. The summed E-state index contributed by atoms with van der Waals surface area (Å²) in [6.07, 6.45) is 11.4. The molecule has 1 aromatic rings. The molecular weight excluding hydrogens is 392 g/mol. The van der Waals surface area contributed by atoms with Crippen molar-refractivity contribution < 1.29 is 9.53 Å². The average Bonchev–Trinajstić information content (AvgIpc) is 3.01. The van der Waals surface area contributed by atoms with Gasteiger partial charge in [0.2, 0.25) is 5.91 Å². The third-order valence-corrected chi connectivity index (χ3v) is 7.41. The predicted octanol–water partition coefficient (Wildman–Crippen LogP) is 2.25. The summed E-state index contributed by atoms with van der Waals surface area (Å²) in [5.41, 5.74) is 1.91. The number of carbonyl (C=O) groups excluding carboxylic acids is 1. The van der Waals surface area contributed by atoms with Gasteiger partial charge in [-0.2, -0.15) is 5.10 Å². The number of rotatable bonds is 7. The Morgan fingerprint density at radius 2 is 1.97 bits per heavy atom. The average molecular weight is 431 g/mol. The molecule has 2 aliphatic heterocycles. The van der Waals surface area contributed by atoms with E-state index in [9.17, 15) is 9.59 Å². The highest BCUT2D eigenvalue weighted by Gasteiger charge is 2.34. The van der Waals surface area contributed by atoms with Crippen molar-refractivity contribution in [1.29, 1.82) is 0 Å². The number of amides is 1. The van der Waals surface area contributed by atoms with Crippen LogP contribution < -0.4 is 5.56 Å². The van der Waals surface area contributed by atoms with E-state index in [0.29, 0.717) is 25.1 Å². The van der Waals surface area contributed by atoms with Crippen molar-refractivity contribution in [3.63, 3.8) is 0 Å². The van der Waals surface area contributed by atoms with Crippen LogP contribution in [-0.4, -0.2) is 71.4 Å². The van der Waals surface area contributed by atoms with Crippen molar-refractivity contribution in [1.82, 2.24) is 19.6 Å². The highest BCUT2D eigenvalue weighted by atomic mass is 16.5. The normalized spacial score (nSPS) is 24.2. The van der Waals surface area contributed by atoms with E-state index < -0.39 is 0 Å². The number of aryl methyl sites for hydroxylation is 2. The second kappa shape index (κ2) is 10.7. The van der Waals surface area contributed by atoms with Gasteiger partial charge in [0, 0.05) is 32.3 Å². The third kappa shape index (κ3) is 5.55. The molecule has 172 valence electrons. The molecule has 0 saturated carbocycles. The molecule has 0 bridgehead atoms. The predicted molar refractivity (Wildman–Crippen MR) is 120 cm³/mol. The number of hydrogen-bond donors (Lipinski definition) is 0. The second-order valence-corrected chi connectivity index (χ2v) is 9.51. The van der Waals surface area contributed by atoms with Gasteiger partial charge in [-0.15, -0.1) is 0 Å². The minimum Gasteiger partial charge on any atom is -0.383 e. The Hall–Kier alpha value is -1.73. The third-order valence-electron chi connectivity index (χ3n) is 7.41. The van der Waals surface area contributed by atoms with Crippen LogP contribution in [0.3, 0.4) is 0 Å². The zero-order chi connectivity index (χ0) is 21.6. The van der Waals surface area contributed by atoms with Crippen LogP contribution in [0.25, 0.3) is 0 Å². The van der Waals surface area contributed by atoms with Gasteiger partial charge >= 0.3 is 0 Å². The lowest BCUT2D eigenvalue weighted by molar-refractivity contribution is -0.134. The summed E-state index contributed by atoms with van der Waals surface area (Å²) in [6.45, 7) is 4.25. The van der Waals surface area contributed by atoms with Gasteiger partial charge in [-0.25, -0.2) is 4.68 Å². The zero-order valence-corrected chi connectivity index (χ0v) is 19.1. The molecule has 2 atom stereocenters. The topological polar surface area (TPSA) is 67.7 Å². The molecule has 31 heavy (non-hydrogen) atoms. The van der Waals surface area contributed by atoms with Crippen molar-refractivity contribution in [3.05, 3.63) is 27.7 Å². The molecule has 7 nitrogen and oxygen atoms in total. The highest BCUT2D eigenvalue weighted by molar-refractivity contribution is 5.75. The lowest BCUT2D eigenvalue weighted by Gasteiger charge is -2.45. The van der Waals surface area contributed by atoms with E-state index in [2.05, 4.69) is 10.00 Å². The number of fused-ring (bicyclic) bond motifs is 2. The Balaban J connectivity index is 1.47. The van der Waals surface area contributed by atoms with Gasteiger partial charge in [-0.05, 0) is 75.9 Å². The minimum atomic E-state index is -0.156. The maximum atomic E-state index is 13.3. The molecule has 3 heterocycles. The summed E-state index contributed by atoms with van der Waals surface area (Å²) in [5.74, 6) is 0.486. The molecule has 1 aliphatic carbocycles. The molecule has 2 fully saturated rings. The van der Waals surface area contributed by atoms with E-state index in [1.54, 1.807) is 13.2 Å². The fourth-order valence-corrected chi connectivity index (χ4v) is 5.71. The van der Waals surface area contributed by atoms with Crippen LogP contribution in [0.2, 0.25) is 0 Å². The standard InChI is InChI=1S/C24H38N4O3/c1-31-15-14-27(17-20-9-7-13-26-12-6-5-11-22(20)26)24(30)18-28-23(29)16-19-8-3-2-4-10-21(19)25-28/h16,20,22H,2-15,17-18H2,1H3. The van der Waals surface area contributed by atoms with Crippen LogP contribution in [-0.2, 0) is 28.9 Å². The molecule has 2 saturated heterocycles. The van der Waals surface area contributed by atoms with E-state index in [1.807, 2.05) is 4.90 Å². The first-order valence-electron chi connectivity index (χ1n) is 12.3. The summed E-state index contributed by atoms with van der Waals surface area (Å²) in [6, 6.07) is 2.30. The van der Waals surface area contributed by atoms with Gasteiger partial charge in [0.05, 0.1) is 12.3 Å². The summed E-state index contributed by atoms with van der Waals surface area (Å²) < 4.78 is 6.68. The van der Waals surface area contributed by atoms with Crippen LogP contribution in [0.15, 0.2) is 10.9 Å². The van der Waals surface area contributed by atoms with Gasteiger partial charge in [0.15, 0.2) is 0 Å². The van der Waals surface area contributed by atoms with E-state index in [0.717, 1.165) is 43.5 Å². The van der Waals surface area contributed by atoms with Gasteiger partial charge in [-0.1, -0.05) is 12.8 Å². The van der Waals surface area contributed by atoms with Crippen molar-refractivity contribution in [2.45, 2.75) is 76.8 Å². The molecule has 7 heteroatoms. The monoisotopic (exact) mass is 430 g/mol. The van der Waals surface area contributed by atoms with Gasteiger partial charge in [0.1, 0.15) is 6.54 Å². The van der Waals surface area contributed by atoms with E-state index in [-0.39, 0.29) is 18.0 Å². The minimum absolute atomic E-state index is 0.0202. The lowest BCUT2D eigenvalue weighted by atomic mass is 9.83. The fraction of sp³-hybridized carbons (Fsp3) is 0.792. The number of piperidine rings is 2. The molecule has 0 radical (unpaired) electrons. The Morgan fingerprint density at radius 3 is 2.84 bits per heavy atom. The quantitative estimate of drug-likeness (QED) is 0.621. The molecule has 3 aliphatic rings. The van der Waals surface area contributed by atoms with Gasteiger partial charge < -0.3 is 14.5 Å². The molecule has 4 rings (SSSR count). The molecule has 0 aromatic carbocycles. The summed E-state index contributed by atoms with van der Waals surface area (Å²) in [4.78, 5) is 30.5. The number of aromatic nitrogens is 2. The maximum absolute atomic E-state index is 13.3. The van der Waals surface area contributed by atoms with Gasteiger partial charge in [-0.3, -0.25) is 9.59 Å². The lowest BCUT2D eigenvalue weighted by Crippen LogP contribution is -2.52. The first-order valence-corrected chi connectivity index (χ1v) is 12.3. The summed E-state index contributed by atoms with van der Waals surface area (Å²) in [5, 5.41) is 4.61. The van der Waals surface area contributed by atoms with Gasteiger partial charge in [0.25, 0.3) is 5.56 Å². The Kier molecular flexibility index (Phi) is 7.77. The van der Waals surface area contributed by atoms with Crippen LogP contribution in [0.4, 0.5) is 0 Å². The number of methoxy groups -OCH3 is 1. The summed E-state index contributed by atoms with van der Waals surface area (Å²) >= 11 is 0. The van der Waals surface area contributed by atoms with Crippen LogP contribution in [0, 0.1) is 5.92 Å².